The minimum absolute atomic E-state index is 0.107. The van der Waals surface area contributed by atoms with Crippen molar-refractivity contribution in [2.24, 2.45) is 5.92 Å². The van der Waals surface area contributed by atoms with Gasteiger partial charge in [-0.05, 0) is 25.7 Å². The summed E-state index contributed by atoms with van der Waals surface area (Å²) < 4.78 is 4.41. The topological polar surface area (TPSA) is 58.1 Å². The molecule has 5 nitrogen and oxygen atoms in total. The van der Waals surface area contributed by atoms with Crippen LogP contribution in [0, 0.1) is 5.92 Å². The van der Waals surface area contributed by atoms with Gasteiger partial charge in [0.05, 0.1) is 5.92 Å². The van der Waals surface area contributed by atoms with Gasteiger partial charge in [-0.25, -0.2) is 4.98 Å². The largest absolute Gasteiger partial charge is 0.353 e. The van der Waals surface area contributed by atoms with E-state index in [1.54, 1.807) is 0 Å². The van der Waals surface area contributed by atoms with Crippen molar-refractivity contribution in [3.63, 3.8) is 0 Å². The summed E-state index contributed by atoms with van der Waals surface area (Å²) >= 11 is 1.46. The smallest absolute Gasteiger partial charge is 0.225 e. The van der Waals surface area contributed by atoms with E-state index >= 15 is 0 Å². The molecule has 0 spiro atoms. The van der Waals surface area contributed by atoms with Gasteiger partial charge >= 0.3 is 0 Å². The van der Waals surface area contributed by atoms with Crippen molar-refractivity contribution in [2.45, 2.75) is 51.5 Å². The highest BCUT2D eigenvalue weighted by Gasteiger charge is 2.31. The van der Waals surface area contributed by atoms with Gasteiger partial charge in [-0.2, -0.15) is 4.37 Å². The summed E-state index contributed by atoms with van der Waals surface area (Å²) in [5.41, 5.74) is 0. The van der Waals surface area contributed by atoms with E-state index in [0.29, 0.717) is 12.0 Å². The van der Waals surface area contributed by atoms with E-state index in [1.165, 1.54) is 11.5 Å². The molecule has 1 unspecified atom stereocenters. The third-order valence-corrected chi connectivity index (χ3v) is 4.72. The molecule has 2 fully saturated rings. The van der Waals surface area contributed by atoms with Gasteiger partial charge in [0.1, 0.15) is 5.82 Å². The number of amides is 1. The number of aromatic nitrogens is 2. The van der Waals surface area contributed by atoms with Crippen LogP contribution in [-0.2, 0) is 4.79 Å². The van der Waals surface area contributed by atoms with Gasteiger partial charge in [0.15, 0.2) is 0 Å². The summed E-state index contributed by atoms with van der Waals surface area (Å²) in [7, 11) is 0. The van der Waals surface area contributed by atoms with E-state index in [4.69, 9.17) is 0 Å². The maximum Gasteiger partial charge on any atom is 0.225 e. The van der Waals surface area contributed by atoms with E-state index in [-0.39, 0.29) is 11.8 Å². The number of rotatable bonds is 4. The normalized spacial score (nSPS) is 23.1. The third kappa shape index (κ3) is 3.11. The molecule has 1 amide bonds. The van der Waals surface area contributed by atoms with E-state index < -0.39 is 0 Å². The van der Waals surface area contributed by atoms with Crippen molar-refractivity contribution in [1.29, 1.82) is 0 Å². The summed E-state index contributed by atoms with van der Waals surface area (Å²) in [5.74, 6) is 1.61. The molecule has 1 N–H and O–H groups in total. The van der Waals surface area contributed by atoms with Gasteiger partial charge in [0.25, 0.3) is 0 Å². The van der Waals surface area contributed by atoms with Gasteiger partial charge in [-0.15, -0.1) is 0 Å². The zero-order chi connectivity index (χ0) is 14.1. The second-order valence-electron chi connectivity index (χ2n) is 6.16. The number of nitrogens with zero attached hydrogens (tertiary/aromatic N) is 3. The summed E-state index contributed by atoms with van der Waals surface area (Å²) in [5, 5.41) is 4.09. The molecule has 2 heterocycles. The number of anilines is 1. The predicted octanol–water partition coefficient (Wildman–Crippen LogP) is 2.16. The van der Waals surface area contributed by atoms with Crippen LogP contribution in [0.1, 0.15) is 51.3 Å². The van der Waals surface area contributed by atoms with Crippen LogP contribution in [0.4, 0.5) is 5.13 Å². The monoisotopic (exact) mass is 294 g/mol. The number of carbonyl (C=O) groups is 1. The molecule has 2 aliphatic rings. The van der Waals surface area contributed by atoms with Gasteiger partial charge < -0.3 is 10.2 Å². The van der Waals surface area contributed by atoms with Crippen LogP contribution < -0.4 is 10.2 Å². The van der Waals surface area contributed by atoms with Crippen molar-refractivity contribution in [3.8, 4) is 0 Å². The van der Waals surface area contributed by atoms with Crippen molar-refractivity contribution in [1.82, 2.24) is 14.7 Å². The molecule has 0 aromatic carbocycles. The van der Waals surface area contributed by atoms with E-state index in [2.05, 4.69) is 33.4 Å². The second-order valence-corrected chi connectivity index (χ2v) is 6.89. The van der Waals surface area contributed by atoms with Gasteiger partial charge in [0.2, 0.25) is 11.0 Å². The van der Waals surface area contributed by atoms with Crippen molar-refractivity contribution in [3.05, 3.63) is 5.82 Å². The Bertz CT molecular complexity index is 483. The number of nitrogens with one attached hydrogen (secondary N) is 1. The summed E-state index contributed by atoms with van der Waals surface area (Å²) in [6.07, 6.45) is 4.34. The van der Waals surface area contributed by atoms with Crippen LogP contribution in [0.2, 0.25) is 0 Å². The Morgan fingerprint density at radius 3 is 2.85 bits per heavy atom. The van der Waals surface area contributed by atoms with Crippen molar-refractivity contribution in [2.75, 3.05) is 18.0 Å². The first kappa shape index (κ1) is 13.8. The minimum Gasteiger partial charge on any atom is -0.353 e. The third-order valence-electron chi connectivity index (χ3n) is 3.93. The number of carbonyl (C=O) groups excluding carboxylic acids is 1. The first-order chi connectivity index (χ1) is 9.63. The zero-order valence-electron chi connectivity index (χ0n) is 12.1. The van der Waals surface area contributed by atoms with Crippen LogP contribution in [0.3, 0.4) is 0 Å². The van der Waals surface area contributed by atoms with E-state index in [1.807, 2.05) is 0 Å². The fourth-order valence-electron chi connectivity index (χ4n) is 2.50. The molecule has 1 atom stereocenters. The highest BCUT2D eigenvalue weighted by atomic mass is 32.1. The van der Waals surface area contributed by atoms with Crippen LogP contribution in [0.25, 0.3) is 0 Å². The molecule has 1 aromatic heterocycles. The van der Waals surface area contributed by atoms with Gasteiger partial charge in [-0.3, -0.25) is 4.79 Å². The van der Waals surface area contributed by atoms with Crippen molar-refractivity contribution < 1.29 is 4.79 Å². The maximum atomic E-state index is 12.2. The molecule has 1 saturated carbocycles. The molecular weight excluding hydrogens is 272 g/mol. The molecule has 3 rings (SSSR count). The predicted molar refractivity (Wildman–Crippen MR) is 80.1 cm³/mol. The average molecular weight is 294 g/mol. The molecule has 110 valence electrons. The zero-order valence-corrected chi connectivity index (χ0v) is 12.9. The van der Waals surface area contributed by atoms with Crippen molar-refractivity contribution >= 4 is 22.6 Å². The van der Waals surface area contributed by atoms with Crippen LogP contribution in [0.5, 0.6) is 0 Å². The molecule has 6 heteroatoms. The molecule has 0 bridgehead atoms. The number of hydrogen-bond donors (Lipinski definition) is 1. The lowest BCUT2D eigenvalue weighted by Gasteiger charge is -2.31. The lowest BCUT2D eigenvalue weighted by atomic mass is 9.97. The van der Waals surface area contributed by atoms with E-state index in [0.717, 1.165) is 49.7 Å². The molecule has 1 aromatic rings. The Labute approximate surface area is 123 Å². The quantitative estimate of drug-likeness (QED) is 0.924. The Balaban J connectivity index is 1.62. The Hall–Kier alpha value is -1.17. The summed E-state index contributed by atoms with van der Waals surface area (Å²) in [6, 6.07) is 0.451. The number of hydrogen-bond acceptors (Lipinski definition) is 5. The average Bonchev–Trinajstić information content (AvgIpc) is 3.11. The Morgan fingerprint density at radius 2 is 2.20 bits per heavy atom. The standard InChI is InChI=1S/C14H22N4OS/c1-9(2)12-16-14(20-17-12)18-7-3-4-10(8-18)13(19)15-11-5-6-11/h9-11H,3-8H2,1-2H3,(H,15,19). The second kappa shape index (κ2) is 5.68. The first-order valence-corrected chi connectivity index (χ1v) is 8.29. The maximum absolute atomic E-state index is 12.2. The van der Waals surface area contributed by atoms with Crippen LogP contribution in [-0.4, -0.2) is 34.4 Å². The fraction of sp³-hybridized carbons (Fsp3) is 0.786. The summed E-state index contributed by atoms with van der Waals surface area (Å²) in [6.45, 7) is 5.98. The molecule has 20 heavy (non-hydrogen) atoms. The SMILES string of the molecule is CC(C)c1nsc(N2CCCC(C(=O)NC3CC3)C2)n1. The Kier molecular flexibility index (Phi) is 3.92. The number of piperidine rings is 1. The lowest BCUT2D eigenvalue weighted by molar-refractivity contribution is -0.125. The van der Waals surface area contributed by atoms with Crippen LogP contribution in [0.15, 0.2) is 0 Å². The van der Waals surface area contributed by atoms with Gasteiger partial charge in [0, 0.05) is 36.6 Å². The highest BCUT2D eigenvalue weighted by molar-refractivity contribution is 7.09. The molecular formula is C14H22N4OS. The minimum atomic E-state index is 0.107. The molecule has 0 radical (unpaired) electrons. The fourth-order valence-corrected chi connectivity index (χ4v) is 3.34. The molecule has 1 aliphatic heterocycles. The van der Waals surface area contributed by atoms with E-state index in [9.17, 15) is 4.79 Å². The summed E-state index contributed by atoms with van der Waals surface area (Å²) in [4.78, 5) is 19.0. The van der Waals surface area contributed by atoms with Crippen LogP contribution >= 0.6 is 11.5 Å². The highest BCUT2D eigenvalue weighted by Crippen LogP contribution is 2.27. The van der Waals surface area contributed by atoms with Gasteiger partial charge in [-0.1, -0.05) is 13.8 Å². The Morgan fingerprint density at radius 1 is 1.40 bits per heavy atom. The lowest BCUT2D eigenvalue weighted by Crippen LogP contribution is -2.43. The molecule has 1 saturated heterocycles. The molecule has 1 aliphatic carbocycles. The first-order valence-electron chi connectivity index (χ1n) is 7.52.